The smallest absolute Gasteiger partial charge is 0.193 e. The number of likely N-dealkylation sites (tertiary alicyclic amines) is 2. The summed E-state index contributed by atoms with van der Waals surface area (Å²) >= 11 is 0. The van der Waals surface area contributed by atoms with Gasteiger partial charge in [-0.25, -0.2) is 0 Å². The van der Waals surface area contributed by atoms with Gasteiger partial charge in [-0.2, -0.15) is 0 Å². The van der Waals surface area contributed by atoms with Crippen molar-refractivity contribution in [2.75, 3.05) is 46.3 Å². The second-order valence-corrected chi connectivity index (χ2v) is 7.73. The molecule has 4 nitrogen and oxygen atoms in total. The average Bonchev–Trinajstić information content (AvgIpc) is 3.06. The number of halogens is 1. The Labute approximate surface area is 176 Å². The minimum Gasteiger partial charge on any atom is -0.357 e. The van der Waals surface area contributed by atoms with E-state index in [0.29, 0.717) is 0 Å². The molecule has 1 atom stereocenters. The maximum Gasteiger partial charge on any atom is 0.193 e. The van der Waals surface area contributed by atoms with Crippen molar-refractivity contribution >= 4 is 29.9 Å². The van der Waals surface area contributed by atoms with Crippen LogP contribution < -0.4 is 5.32 Å². The number of nitrogens with one attached hydrogen (secondary N) is 1. The first-order chi connectivity index (χ1) is 12.2. The zero-order valence-corrected chi connectivity index (χ0v) is 18.7. The lowest BCUT2D eigenvalue weighted by molar-refractivity contribution is 0.258. The average molecular weight is 470 g/mol. The highest BCUT2D eigenvalue weighted by Crippen LogP contribution is 2.22. The molecule has 146 valence electrons. The summed E-state index contributed by atoms with van der Waals surface area (Å²) in [7, 11) is 2.21. The minimum absolute atomic E-state index is 0. The Morgan fingerprint density at radius 3 is 2.38 bits per heavy atom. The van der Waals surface area contributed by atoms with E-state index in [9.17, 15) is 0 Å². The Balaban J connectivity index is 0.00000243. The lowest BCUT2D eigenvalue weighted by atomic mass is 9.90. The lowest BCUT2D eigenvalue weighted by Gasteiger charge is -2.34. The van der Waals surface area contributed by atoms with E-state index in [-0.39, 0.29) is 24.0 Å². The molecule has 2 fully saturated rings. The Hall–Kier alpha value is -0.820. The zero-order chi connectivity index (χ0) is 17.5. The van der Waals surface area contributed by atoms with Crippen molar-refractivity contribution in [3.05, 3.63) is 35.9 Å². The Kier molecular flexibility index (Phi) is 9.19. The fraction of sp³-hybridized carbons (Fsp3) is 0.667. The van der Waals surface area contributed by atoms with E-state index in [4.69, 9.17) is 4.99 Å². The SMILES string of the molecule is CCNC(=NCC1CCN(C)C1)N1CCC(Cc2ccccc2)CC1.I. The van der Waals surface area contributed by atoms with Gasteiger partial charge in [0.1, 0.15) is 0 Å². The first kappa shape index (κ1) is 21.5. The van der Waals surface area contributed by atoms with E-state index < -0.39 is 0 Å². The summed E-state index contributed by atoms with van der Waals surface area (Å²) in [4.78, 5) is 9.86. The van der Waals surface area contributed by atoms with Gasteiger partial charge >= 0.3 is 0 Å². The number of guanidine groups is 1. The van der Waals surface area contributed by atoms with Crippen molar-refractivity contribution in [2.45, 2.75) is 32.6 Å². The highest BCUT2D eigenvalue weighted by Gasteiger charge is 2.23. The minimum atomic E-state index is 0. The van der Waals surface area contributed by atoms with Crippen LogP contribution in [0.4, 0.5) is 0 Å². The summed E-state index contributed by atoms with van der Waals surface area (Å²) in [6.45, 7) is 8.77. The third-order valence-corrected chi connectivity index (χ3v) is 5.60. The molecule has 2 aliphatic rings. The molecule has 1 N–H and O–H groups in total. The quantitative estimate of drug-likeness (QED) is 0.406. The predicted octanol–water partition coefficient (Wildman–Crippen LogP) is 3.48. The van der Waals surface area contributed by atoms with E-state index in [1.54, 1.807) is 0 Å². The van der Waals surface area contributed by atoms with Crippen LogP contribution in [0, 0.1) is 11.8 Å². The van der Waals surface area contributed by atoms with Gasteiger partial charge in [-0.15, -0.1) is 24.0 Å². The summed E-state index contributed by atoms with van der Waals surface area (Å²) in [5.41, 5.74) is 1.48. The molecule has 0 amide bonds. The molecule has 0 aliphatic carbocycles. The summed E-state index contributed by atoms with van der Waals surface area (Å²) in [6, 6.07) is 10.9. The fourth-order valence-corrected chi connectivity index (χ4v) is 4.11. The van der Waals surface area contributed by atoms with Crippen molar-refractivity contribution in [2.24, 2.45) is 16.8 Å². The van der Waals surface area contributed by atoms with Gasteiger partial charge in [-0.3, -0.25) is 4.99 Å². The van der Waals surface area contributed by atoms with Gasteiger partial charge < -0.3 is 15.1 Å². The van der Waals surface area contributed by atoms with Crippen LogP contribution in [-0.2, 0) is 6.42 Å². The summed E-state index contributed by atoms with van der Waals surface area (Å²) in [5, 5.41) is 3.51. The molecule has 0 bridgehead atoms. The van der Waals surface area contributed by atoms with Crippen LogP contribution in [-0.4, -0.2) is 62.1 Å². The van der Waals surface area contributed by atoms with Gasteiger partial charge in [0.2, 0.25) is 0 Å². The van der Waals surface area contributed by atoms with E-state index >= 15 is 0 Å². The predicted molar refractivity (Wildman–Crippen MR) is 121 cm³/mol. The van der Waals surface area contributed by atoms with Gasteiger partial charge in [0, 0.05) is 32.7 Å². The zero-order valence-electron chi connectivity index (χ0n) is 16.4. The van der Waals surface area contributed by atoms with E-state index in [0.717, 1.165) is 44.0 Å². The standard InChI is InChI=1S/C21H34N4.HI/c1-3-22-21(23-16-20-9-12-24(2)17-20)25-13-10-19(11-14-25)15-18-7-5-4-6-8-18;/h4-8,19-20H,3,9-17H2,1-2H3,(H,22,23);1H. The summed E-state index contributed by atoms with van der Waals surface area (Å²) < 4.78 is 0. The largest absolute Gasteiger partial charge is 0.357 e. The number of piperidine rings is 1. The molecule has 26 heavy (non-hydrogen) atoms. The van der Waals surface area contributed by atoms with Crippen LogP contribution >= 0.6 is 24.0 Å². The fourth-order valence-electron chi connectivity index (χ4n) is 4.11. The van der Waals surface area contributed by atoms with Crippen LogP contribution in [0.2, 0.25) is 0 Å². The highest BCUT2D eigenvalue weighted by molar-refractivity contribution is 14.0. The molecule has 2 saturated heterocycles. The lowest BCUT2D eigenvalue weighted by Crippen LogP contribution is -2.46. The first-order valence-corrected chi connectivity index (χ1v) is 10.00. The van der Waals surface area contributed by atoms with E-state index in [1.807, 2.05) is 0 Å². The topological polar surface area (TPSA) is 30.9 Å². The second-order valence-electron chi connectivity index (χ2n) is 7.73. The molecule has 0 saturated carbocycles. The second kappa shape index (κ2) is 11.1. The maximum absolute atomic E-state index is 4.97. The van der Waals surface area contributed by atoms with E-state index in [2.05, 4.69) is 59.4 Å². The van der Waals surface area contributed by atoms with Gasteiger partial charge in [0.05, 0.1) is 0 Å². The first-order valence-electron chi connectivity index (χ1n) is 10.00. The normalized spacial score (nSPS) is 22.3. The summed E-state index contributed by atoms with van der Waals surface area (Å²) in [5.74, 6) is 2.68. The Morgan fingerprint density at radius 2 is 1.77 bits per heavy atom. The molecular weight excluding hydrogens is 435 g/mol. The molecular formula is C21H35IN4. The van der Waals surface area contributed by atoms with Crippen LogP contribution in [0.3, 0.4) is 0 Å². The summed E-state index contributed by atoms with van der Waals surface area (Å²) in [6.07, 6.45) is 5.05. The number of hydrogen-bond acceptors (Lipinski definition) is 2. The van der Waals surface area contributed by atoms with Crippen molar-refractivity contribution in [1.29, 1.82) is 0 Å². The molecule has 0 spiro atoms. The molecule has 5 heteroatoms. The van der Waals surface area contributed by atoms with Crippen molar-refractivity contribution in [3.8, 4) is 0 Å². The van der Waals surface area contributed by atoms with Crippen LogP contribution in [0.15, 0.2) is 35.3 Å². The van der Waals surface area contributed by atoms with Gasteiger partial charge in [-0.1, -0.05) is 30.3 Å². The Bertz CT molecular complexity index is 540. The van der Waals surface area contributed by atoms with Gasteiger partial charge in [0.25, 0.3) is 0 Å². The number of benzene rings is 1. The van der Waals surface area contributed by atoms with Gasteiger partial charge in [-0.05, 0) is 63.6 Å². The van der Waals surface area contributed by atoms with Crippen molar-refractivity contribution < 1.29 is 0 Å². The van der Waals surface area contributed by atoms with Crippen molar-refractivity contribution in [3.63, 3.8) is 0 Å². The number of hydrogen-bond donors (Lipinski definition) is 1. The van der Waals surface area contributed by atoms with E-state index in [1.165, 1.54) is 44.3 Å². The van der Waals surface area contributed by atoms with Gasteiger partial charge in [0.15, 0.2) is 5.96 Å². The molecule has 2 aliphatic heterocycles. The molecule has 0 radical (unpaired) electrons. The number of nitrogens with zero attached hydrogens (tertiary/aromatic N) is 3. The number of rotatable bonds is 5. The van der Waals surface area contributed by atoms with Crippen LogP contribution in [0.1, 0.15) is 31.7 Å². The monoisotopic (exact) mass is 470 g/mol. The molecule has 1 aromatic rings. The molecule has 0 aromatic heterocycles. The maximum atomic E-state index is 4.97. The number of aliphatic imine (C=N–C) groups is 1. The van der Waals surface area contributed by atoms with Crippen LogP contribution in [0.5, 0.6) is 0 Å². The molecule has 2 heterocycles. The van der Waals surface area contributed by atoms with Crippen molar-refractivity contribution in [1.82, 2.24) is 15.1 Å². The third kappa shape index (κ3) is 6.41. The molecule has 3 rings (SSSR count). The Morgan fingerprint density at radius 1 is 1.08 bits per heavy atom. The molecule has 1 unspecified atom stereocenters. The highest BCUT2D eigenvalue weighted by atomic mass is 127. The third-order valence-electron chi connectivity index (χ3n) is 5.60. The van der Waals surface area contributed by atoms with Crippen LogP contribution in [0.25, 0.3) is 0 Å². The molecule has 1 aromatic carbocycles.